The van der Waals surface area contributed by atoms with E-state index in [0.29, 0.717) is 6.54 Å². The Hall–Kier alpha value is -2.53. The lowest BCUT2D eigenvalue weighted by Crippen LogP contribution is -2.51. The Kier molecular flexibility index (Phi) is 6.71. The zero-order chi connectivity index (χ0) is 19.1. The molecule has 0 spiro atoms. The third-order valence-electron chi connectivity index (χ3n) is 5.20. The summed E-state index contributed by atoms with van der Waals surface area (Å²) in [6.45, 7) is 7.05. The molecule has 0 aliphatic carbocycles. The minimum atomic E-state index is 0.0331. The summed E-state index contributed by atoms with van der Waals surface area (Å²) in [5, 5.41) is 3.05. The molecule has 1 heterocycles. The maximum atomic E-state index is 12.4. The Morgan fingerprint density at radius 2 is 1.85 bits per heavy atom. The predicted octanol–water partition coefficient (Wildman–Crippen LogP) is 3.07. The van der Waals surface area contributed by atoms with Gasteiger partial charge < -0.3 is 15.0 Å². The van der Waals surface area contributed by atoms with Gasteiger partial charge in [0, 0.05) is 39.3 Å². The molecule has 0 saturated carbocycles. The van der Waals surface area contributed by atoms with E-state index in [2.05, 4.69) is 41.4 Å². The number of urea groups is 1. The number of amides is 2. The highest BCUT2D eigenvalue weighted by Crippen LogP contribution is 2.14. The van der Waals surface area contributed by atoms with Gasteiger partial charge in [-0.3, -0.25) is 4.90 Å². The molecule has 5 nitrogen and oxygen atoms in total. The van der Waals surface area contributed by atoms with E-state index in [-0.39, 0.29) is 6.03 Å². The Balaban J connectivity index is 1.40. The summed E-state index contributed by atoms with van der Waals surface area (Å²) in [5.41, 5.74) is 3.66. The van der Waals surface area contributed by atoms with Gasteiger partial charge in [0.2, 0.25) is 0 Å². The Morgan fingerprint density at radius 3 is 2.59 bits per heavy atom. The molecule has 2 aromatic rings. The fourth-order valence-corrected chi connectivity index (χ4v) is 3.38. The van der Waals surface area contributed by atoms with Gasteiger partial charge in [-0.2, -0.15) is 0 Å². The summed E-state index contributed by atoms with van der Waals surface area (Å²) in [7, 11) is 1.70. The summed E-state index contributed by atoms with van der Waals surface area (Å²) >= 11 is 0. The number of hydrogen-bond donors (Lipinski definition) is 1. The number of carbonyl (C=O) groups is 1. The predicted molar refractivity (Wildman–Crippen MR) is 108 cm³/mol. The molecular formula is C22H29N3O2. The number of rotatable bonds is 6. The maximum Gasteiger partial charge on any atom is 0.317 e. The SMILES string of the molecule is COc1cccc(CCN2CCN(C(=O)NCc3ccccc3C)CC2)c1. The largest absolute Gasteiger partial charge is 0.497 e. The van der Waals surface area contributed by atoms with Crippen LogP contribution in [-0.4, -0.2) is 55.7 Å². The molecule has 144 valence electrons. The summed E-state index contributed by atoms with van der Waals surface area (Å²) < 4.78 is 5.28. The van der Waals surface area contributed by atoms with Crippen LogP contribution < -0.4 is 10.1 Å². The van der Waals surface area contributed by atoms with E-state index in [0.717, 1.165) is 44.9 Å². The van der Waals surface area contributed by atoms with E-state index in [9.17, 15) is 4.79 Å². The van der Waals surface area contributed by atoms with E-state index in [4.69, 9.17) is 4.74 Å². The highest BCUT2D eigenvalue weighted by Gasteiger charge is 2.20. The van der Waals surface area contributed by atoms with Gasteiger partial charge in [0.1, 0.15) is 5.75 Å². The normalized spacial score (nSPS) is 14.8. The number of nitrogens with zero attached hydrogens (tertiary/aromatic N) is 2. The molecule has 1 saturated heterocycles. The minimum absolute atomic E-state index is 0.0331. The fourth-order valence-electron chi connectivity index (χ4n) is 3.38. The van der Waals surface area contributed by atoms with Crippen molar-refractivity contribution >= 4 is 6.03 Å². The molecule has 1 aliphatic rings. The third-order valence-corrected chi connectivity index (χ3v) is 5.20. The number of benzene rings is 2. The van der Waals surface area contributed by atoms with E-state index in [1.807, 2.05) is 29.2 Å². The van der Waals surface area contributed by atoms with Crippen LogP contribution in [0.2, 0.25) is 0 Å². The highest BCUT2D eigenvalue weighted by molar-refractivity contribution is 5.74. The zero-order valence-electron chi connectivity index (χ0n) is 16.3. The van der Waals surface area contributed by atoms with Crippen molar-refractivity contribution in [2.75, 3.05) is 39.8 Å². The van der Waals surface area contributed by atoms with E-state index >= 15 is 0 Å². The van der Waals surface area contributed by atoms with Gasteiger partial charge in [-0.25, -0.2) is 4.79 Å². The summed E-state index contributed by atoms with van der Waals surface area (Å²) in [6, 6.07) is 16.4. The monoisotopic (exact) mass is 367 g/mol. The van der Waals surface area contributed by atoms with Crippen molar-refractivity contribution < 1.29 is 9.53 Å². The molecule has 0 unspecified atom stereocenters. The lowest BCUT2D eigenvalue weighted by molar-refractivity contribution is 0.140. The van der Waals surface area contributed by atoms with Crippen LogP contribution in [0.3, 0.4) is 0 Å². The first-order chi connectivity index (χ1) is 13.2. The Bertz CT molecular complexity index is 755. The third kappa shape index (κ3) is 5.47. The molecule has 0 aromatic heterocycles. The zero-order valence-corrected chi connectivity index (χ0v) is 16.3. The number of methoxy groups -OCH3 is 1. The number of piperazine rings is 1. The molecule has 1 aliphatic heterocycles. The van der Waals surface area contributed by atoms with Gasteiger partial charge in [0.25, 0.3) is 0 Å². The van der Waals surface area contributed by atoms with Gasteiger partial charge in [0.15, 0.2) is 0 Å². The quantitative estimate of drug-likeness (QED) is 0.853. The van der Waals surface area contributed by atoms with Gasteiger partial charge in [0.05, 0.1) is 7.11 Å². The Morgan fingerprint density at radius 1 is 1.07 bits per heavy atom. The lowest BCUT2D eigenvalue weighted by Gasteiger charge is -2.34. The smallest absolute Gasteiger partial charge is 0.317 e. The van der Waals surface area contributed by atoms with Crippen molar-refractivity contribution in [3.63, 3.8) is 0 Å². The number of hydrogen-bond acceptors (Lipinski definition) is 3. The van der Waals surface area contributed by atoms with E-state index < -0.39 is 0 Å². The van der Waals surface area contributed by atoms with Crippen molar-refractivity contribution in [3.05, 3.63) is 65.2 Å². The van der Waals surface area contributed by atoms with Crippen LogP contribution >= 0.6 is 0 Å². The first-order valence-corrected chi connectivity index (χ1v) is 9.58. The average Bonchev–Trinajstić information content (AvgIpc) is 2.72. The van der Waals surface area contributed by atoms with Gasteiger partial charge in [-0.1, -0.05) is 36.4 Å². The minimum Gasteiger partial charge on any atom is -0.497 e. The molecule has 0 radical (unpaired) electrons. The van der Waals surface area contributed by atoms with Crippen LogP contribution in [0.4, 0.5) is 4.79 Å². The van der Waals surface area contributed by atoms with E-state index in [1.165, 1.54) is 16.7 Å². The lowest BCUT2D eigenvalue weighted by atomic mass is 10.1. The first-order valence-electron chi connectivity index (χ1n) is 9.58. The van der Waals surface area contributed by atoms with Gasteiger partial charge in [-0.05, 0) is 42.2 Å². The molecule has 0 bridgehead atoms. The summed E-state index contributed by atoms with van der Waals surface area (Å²) in [6.07, 6.45) is 0.997. The molecule has 5 heteroatoms. The van der Waals surface area contributed by atoms with Gasteiger partial charge in [-0.15, -0.1) is 0 Å². The fraction of sp³-hybridized carbons (Fsp3) is 0.409. The average molecular weight is 367 g/mol. The van der Waals surface area contributed by atoms with Crippen LogP contribution in [0.5, 0.6) is 5.75 Å². The molecule has 1 N–H and O–H groups in total. The van der Waals surface area contributed by atoms with Crippen molar-refractivity contribution in [2.24, 2.45) is 0 Å². The second kappa shape index (κ2) is 9.42. The molecule has 2 amide bonds. The van der Waals surface area contributed by atoms with Crippen molar-refractivity contribution in [1.82, 2.24) is 15.1 Å². The van der Waals surface area contributed by atoms with Crippen molar-refractivity contribution in [1.29, 1.82) is 0 Å². The molecule has 27 heavy (non-hydrogen) atoms. The second-order valence-corrected chi connectivity index (χ2v) is 7.02. The molecule has 0 atom stereocenters. The highest BCUT2D eigenvalue weighted by atomic mass is 16.5. The second-order valence-electron chi connectivity index (χ2n) is 7.02. The summed E-state index contributed by atoms with van der Waals surface area (Å²) in [5.74, 6) is 0.905. The topological polar surface area (TPSA) is 44.8 Å². The number of ether oxygens (including phenoxy) is 1. The number of nitrogens with one attached hydrogen (secondary N) is 1. The Labute approximate surface area is 161 Å². The van der Waals surface area contributed by atoms with Crippen LogP contribution in [0.1, 0.15) is 16.7 Å². The van der Waals surface area contributed by atoms with Crippen molar-refractivity contribution in [3.8, 4) is 5.75 Å². The van der Waals surface area contributed by atoms with Crippen LogP contribution in [0.25, 0.3) is 0 Å². The number of carbonyl (C=O) groups excluding carboxylic acids is 1. The van der Waals surface area contributed by atoms with E-state index in [1.54, 1.807) is 7.11 Å². The van der Waals surface area contributed by atoms with Gasteiger partial charge >= 0.3 is 6.03 Å². The van der Waals surface area contributed by atoms with Crippen LogP contribution in [0.15, 0.2) is 48.5 Å². The van der Waals surface area contributed by atoms with Crippen LogP contribution in [0, 0.1) is 6.92 Å². The maximum absolute atomic E-state index is 12.4. The molecular weight excluding hydrogens is 338 g/mol. The first kappa shape index (κ1) is 19.2. The standard InChI is InChI=1S/C22H29N3O2/c1-18-6-3-4-8-20(18)17-23-22(26)25-14-12-24(13-15-25)11-10-19-7-5-9-21(16-19)27-2/h3-9,16H,10-15,17H2,1-2H3,(H,23,26). The van der Waals surface area contributed by atoms with Crippen molar-refractivity contribution in [2.45, 2.75) is 19.9 Å². The number of aryl methyl sites for hydroxylation is 1. The molecule has 3 rings (SSSR count). The molecule has 1 fully saturated rings. The summed E-state index contributed by atoms with van der Waals surface area (Å²) in [4.78, 5) is 16.8. The van der Waals surface area contributed by atoms with Crippen LogP contribution in [-0.2, 0) is 13.0 Å². The molecule has 2 aromatic carbocycles.